The lowest BCUT2D eigenvalue weighted by molar-refractivity contribution is -0.0328. The van der Waals surface area contributed by atoms with Gasteiger partial charge in [0.2, 0.25) is 0 Å². The van der Waals surface area contributed by atoms with E-state index in [1.807, 2.05) is 0 Å². The van der Waals surface area contributed by atoms with E-state index in [0.717, 1.165) is 13.2 Å². The van der Waals surface area contributed by atoms with Crippen LogP contribution in [0.25, 0.3) is 0 Å². The Kier molecular flexibility index (Phi) is 4.65. The normalized spacial score (nSPS) is 10.9. The number of nitriles is 1. The molecule has 0 aromatic heterocycles. The van der Waals surface area contributed by atoms with Crippen LogP contribution in [0, 0.1) is 11.3 Å². The standard InChI is InChI=1S/C10H5BrF3NO2S/c1-17-9(16)5-2-3-7(18-10(12,13)14)6(4-15)8(5)11/h2-3H,1H3. The molecule has 0 aliphatic heterocycles. The lowest BCUT2D eigenvalue weighted by Gasteiger charge is -2.10. The minimum Gasteiger partial charge on any atom is -0.465 e. The summed E-state index contributed by atoms with van der Waals surface area (Å²) in [5.41, 5.74) is -4.75. The lowest BCUT2D eigenvalue weighted by atomic mass is 10.1. The van der Waals surface area contributed by atoms with E-state index >= 15 is 0 Å². The number of hydrogen-bond donors (Lipinski definition) is 0. The molecule has 0 amide bonds. The minimum absolute atomic E-state index is 0.000532. The number of carbonyl (C=O) groups excluding carboxylic acids is 1. The molecule has 8 heteroatoms. The van der Waals surface area contributed by atoms with Gasteiger partial charge >= 0.3 is 11.5 Å². The summed E-state index contributed by atoms with van der Waals surface area (Å²) in [5.74, 6) is -0.734. The Morgan fingerprint density at radius 1 is 1.50 bits per heavy atom. The van der Waals surface area contributed by atoms with Gasteiger partial charge < -0.3 is 4.74 Å². The molecule has 0 aliphatic carbocycles. The van der Waals surface area contributed by atoms with Crippen LogP contribution in [0.4, 0.5) is 13.2 Å². The molecule has 0 saturated heterocycles. The summed E-state index contributed by atoms with van der Waals surface area (Å²) < 4.78 is 41.2. The second-order valence-electron chi connectivity index (χ2n) is 2.95. The highest BCUT2D eigenvalue weighted by atomic mass is 79.9. The van der Waals surface area contributed by atoms with Crippen LogP contribution in [0.15, 0.2) is 21.5 Å². The molecule has 18 heavy (non-hydrogen) atoms. The fourth-order valence-electron chi connectivity index (χ4n) is 1.14. The molecular formula is C10H5BrF3NO2S. The van der Waals surface area contributed by atoms with Crippen LogP contribution in [0.1, 0.15) is 15.9 Å². The fraction of sp³-hybridized carbons (Fsp3) is 0.200. The number of ether oxygens (including phenoxy) is 1. The quantitative estimate of drug-likeness (QED) is 0.608. The molecule has 0 saturated carbocycles. The van der Waals surface area contributed by atoms with Crippen molar-refractivity contribution in [2.75, 3.05) is 7.11 Å². The first-order chi connectivity index (χ1) is 8.30. The molecule has 0 N–H and O–H groups in total. The number of alkyl halides is 3. The first kappa shape index (κ1) is 14.9. The summed E-state index contributed by atoms with van der Waals surface area (Å²) >= 11 is 2.53. The SMILES string of the molecule is COC(=O)c1ccc(SC(F)(F)F)c(C#N)c1Br. The van der Waals surface area contributed by atoms with E-state index < -0.39 is 23.2 Å². The number of thioether (sulfide) groups is 1. The van der Waals surface area contributed by atoms with Crippen molar-refractivity contribution in [3.63, 3.8) is 0 Å². The summed E-state index contributed by atoms with van der Waals surface area (Å²) in [6, 6.07) is 3.86. The van der Waals surface area contributed by atoms with E-state index in [-0.39, 0.29) is 20.5 Å². The van der Waals surface area contributed by atoms with Gasteiger partial charge in [-0.15, -0.1) is 0 Å². The van der Waals surface area contributed by atoms with Crippen molar-refractivity contribution in [1.82, 2.24) is 0 Å². The van der Waals surface area contributed by atoms with Crippen molar-refractivity contribution < 1.29 is 22.7 Å². The zero-order valence-corrected chi connectivity index (χ0v) is 11.2. The number of carbonyl (C=O) groups is 1. The summed E-state index contributed by atoms with van der Waals surface area (Å²) in [6.45, 7) is 0. The summed E-state index contributed by atoms with van der Waals surface area (Å²) in [7, 11) is 1.14. The average molecular weight is 340 g/mol. The van der Waals surface area contributed by atoms with Crippen molar-refractivity contribution >= 4 is 33.7 Å². The van der Waals surface area contributed by atoms with Crippen LogP contribution < -0.4 is 0 Å². The fourth-order valence-corrected chi connectivity index (χ4v) is 2.50. The summed E-state index contributed by atoms with van der Waals surface area (Å²) in [6.07, 6.45) is 0. The van der Waals surface area contributed by atoms with Crippen LogP contribution >= 0.6 is 27.7 Å². The molecule has 0 fully saturated rings. The molecule has 1 aromatic rings. The van der Waals surface area contributed by atoms with Crippen molar-refractivity contribution in [2.45, 2.75) is 10.4 Å². The van der Waals surface area contributed by atoms with Gasteiger partial charge in [0.1, 0.15) is 6.07 Å². The molecule has 3 nitrogen and oxygen atoms in total. The molecule has 1 aromatic carbocycles. The van der Waals surface area contributed by atoms with Gasteiger partial charge in [-0.25, -0.2) is 4.79 Å². The molecule has 0 heterocycles. The van der Waals surface area contributed by atoms with E-state index in [9.17, 15) is 18.0 Å². The number of esters is 1. The van der Waals surface area contributed by atoms with Gasteiger partial charge in [0.25, 0.3) is 0 Å². The van der Waals surface area contributed by atoms with Crippen LogP contribution in [0.3, 0.4) is 0 Å². The highest BCUT2D eigenvalue weighted by molar-refractivity contribution is 9.10. The van der Waals surface area contributed by atoms with Gasteiger partial charge in [-0.3, -0.25) is 0 Å². The van der Waals surface area contributed by atoms with Gasteiger partial charge in [0.05, 0.1) is 22.7 Å². The van der Waals surface area contributed by atoms with Gasteiger partial charge in [0, 0.05) is 4.90 Å². The molecule has 1 rings (SSSR count). The molecule has 0 bridgehead atoms. The Hall–Kier alpha value is -1.20. The number of methoxy groups -OCH3 is 1. The average Bonchev–Trinajstić information content (AvgIpc) is 2.26. The minimum atomic E-state index is -4.50. The highest BCUT2D eigenvalue weighted by Gasteiger charge is 2.31. The first-order valence-electron chi connectivity index (χ1n) is 4.36. The maximum atomic E-state index is 12.3. The predicted octanol–water partition coefficient (Wildman–Crippen LogP) is 3.72. The zero-order chi connectivity index (χ0) is 13.9. The van der Waals surface area contributed by atoms with Crippen LogP contribution in [0.5, 0.6) is 0 Å². The Bertz CT molecular complexity index is 525. The van der Waals surface area contributed by atoms with E-state index in [2.05, 4.69) is 20.7 Å². The molecule has 0 unspecified atom stereocenters. The first-order valence-corrected chi connectivity index (χ1v) is 5.97. The topological polar surface area (TPSA) is 50.1 Å². The predicted molar refractivity (Wildman–Crippen MR) is 62.1 cm³/mol. The Morgan fingerprint density at radius 2 is 2.11 bits per heavy atom. The van der Waals surface area contributed by atoms with Gasteiger partial charge in [-0.05, 0) is 39.8 Å². The molecule has 0 radical (unpaired) electrons. The summed E-state index contributed by atoms with van der Waals surface area (Å²) in [5, 5.41) is 8.86. The van der Waals surface area contributed by atoms with Gasteiger partial charge in [0.15, 0.2) is 0 Å². The third-order valence-electron chi connectivity index (χ3n) is 1.85. The second kappa shape index (κ2) is 5.63. The number of halogens is 4. The maximum Gasteiger partial charge on any atom is 0.446 e. The van der Waals surface area contributed by atoms with Crippen molar-refractivity contribution in [3.05, 3.63) is 27.7 Å². The Labute approximate surface area is 113 Å². The smallest absolute Gasteiger partial charge is 0.446 e. The van der Waals surface area contributed by atoms with Crippen LogP contribution in [0.2, 0.25) is 0 Å². The Morgan fingerprint density at radius 3 is 2.56 bits per heavy atom. The third kappa shape index (κ3) is 3.40. The lowest BCUT2D eigenvalue weighted by Crippen LogP contribution is -2.05. The molecule has 96 valence electrons. The Balaban J connectivity index is 3.31. The monoisotopic (exact) mass is 339 g/mol. The van der Waals surface area contributed by atoms with E-state index in [0.29, 0.717) is 0 Å². The van der Waals surface area contributed by atoms with E-state index in [1.165, 1.54) is 6.07 Å². The largest absolute Gasteiger partial charge is 0.465 e. The molecular weight excluding hydrogens is 335 g/mol. The number of benzene rings is 1. The molecule has 0 spiro atoms. The van der Waals surface area contributed by atoms with Gasteiger partial charge in [-0.2, -0.15) is 18.4 Å². The van der Waals surface area contributed by atoms with Crippen LogP contribution in [-0.4, -0.2) is 18.6 Å². The van der Waals surface area contributed by atoms with E-state index in [1.54, 1.807) is 6.07 Å². The zero-order valence-electron chi connectivity index (χ0n) is 8.84. The van der Waals surface area contributed by atoms with Crippen molar-refractivity contribution in [3.8, 4) is 6.07 Å². The number of nitrogens with zero attached hydrogens (tertiary/aromatic N) is 1. The molecule has 0 atom stereocenters. The van der Waals surface area contributed by atoms with Gasteiger partial charge in [-0.1, -0.05) is 0 Å². The van der Waals surface area contributed by atoms with E-state index in [4.69, 9.17) is 5.26 Å². The second-order valence-corrected chi connectivity index (χ2v) is 4.85. The van der Waals surface area contributed by atoms with Crippen molar-refractivity contribution in [2.24, 2.45) is 0 Å². The van der Waals surface area contributed by atoms with Crippen LogP contribution in [-0.2, 0) is 4.74 Å². The molecule has 0 aliphatic rings. The number of hydrogen-bond acceptors (Lipinski definition) is 4. The third-order valence-corrected chi connectivity index (χ3v) is 3.46. The summed E-state index contributed by atoms with van der Waals surface area (Å²) in [4.78, 5) is 11.0. The maximum absolute atomic E-state index is 12.3. The highest BCUT2D eigenvalue weighted by Crippen LogP contribution is 2.40. The number of rotatable bonds is 2. The van der Waals surface area contributed by atoms with Crippen molar-refractivity contribution in [1.29, 1.82) is 5.26 Å².